The van der Waals surface area contributed by atoms with E-state index in [0.29, 0.717) is 5.75 Å². The Morgan fingerprint density at radius 3 is 2.81 bits per heavy atom. The van der Waals surface area contributed by atoms with Crippen LogP contribution < -0.4 is 4.74 Å². The normalized spacial score (nSPS) is 12.4. The van der Waals surface area contributed by atoms with Crippen molar-refractivity contribution in [2.45, 2.75) is 6.10 Å². The second kappa shape index (κ2) is 8.81. The molecule has 1 rings (SSSR count). The van der Waals surface area contributed by atoms with Crippen LogP contribution in [0.5, 0.6) is 5.75 Å². The van der Waals surface area contributed by atoms with Gasteiger partial charge in [0.25, 0.3) is 0 Å². The van der Waals surface area contributed by atoms with Crippen LogP contribution in [0.4, 0.5) is 0 Å². The van der Waals surface area contributed by atoms with Gasteiger partial charge in [-0.2, -0.15) is 0 Å². The molecule has 0 aliphatic heterocycles. The average molecular weight is 358 g/mol. The lowest BCUT2D eigenvalue weighted by molar-refractivity contribution is -0.126. The number of halogens is 1. The van der Waals surface area contributed by atoms with Gasteiger partial charge in [0.2, 0.25) is 5.91 Å². The van der Waals surface area contributed by atoms with E-state index in [-0.39, 0.29) is 19.1 Å². The topological polar surface area (TPSA) is 59.0 Å². The maximum Gasteiger partial charge on any atom is 0.246 e. The molecule has 1 amide bonds. The van der Waals surface area contributed by atoms with Gasteiger partial charge in [-0.05, 0) is 24.3 Å². The molecule has 0 saturated heterocycles. The van der Waals surface area contributed by atoms with E-state index in [4.69, 9.17) is 9.47 Å². The first-order valence-corrected chi connectivity index (χ1v) is 7.21. The SMILES string of the molecule is COCC(O)CN(C)C(=O)C=Cc1cc(Br)ccc1OC. The highest BCUT2D eigenvalue weighted by molar-refractivity contribution is 9.10. The molecule has 0 aliphatic carbocycles. The summed E-state index contributed by atoms with van der Waals surface area (Å²) in [5.74, 6) is 0.483. The second-order valence-corrected chi connectivity index (χ2v) is 5.46. The van der Waals surface area contributed by atoms with E-state index in [9.17, 15) is 9.90 Å². The Balaban J connectivity index is 2.71. The third-order valence-corrected chi connectivity index (χ3v) is 3.31. The lowest BCUT2D eigenvalue weighted by atomic mass is 10.2. The van der Waals surface area contributed by atoms with Crippen LogP contribution in [0.2, 0.25) is 0 Å². The first kappa shape index (κ1) is 17.7. The van der Waals surface area contributed by atoms with Crippen molar-refractivity contribution in [2.24, 2.45) is 0 Å². The van der Waals surface area contributed by atoms with Crippen molar-refractivity contribution in [1.82, 2.24) is 4.90 Å². The van der Waals surface area contributed by atoms with E-state index in [1.54, 1.807) is 20.2 Å². The number of amides is 1. The van der Waals surface area contributed by atoms with Gasteiger partial charge in [0.1, 0.15) is 5.75 Å². The molecule has 0 bridgehead atoms. The third kappa shape index (κ3) is 5.87. The molecular formula is C15H20BrNO4. The Kier molecular flexibility index (Phi) is 7.42. The van der Waals surface area contributed by atoms with Crippen LogP contribution in [0.3, 0.4) is 0 Å². The van der Waals surface area contributed by atoms with Crippen LogP contribution >= 0.6 is 15.9 Å². The van der Waals surface area contributed by atoms with Gasteiger partial charge in [0, 0.05) is 36.8 Å². The maximum absolute atomic E-state index is 12.0. The molecule has 0 aromatic heterocycles. The summed E-state index contributed by atoms with van der Waals surface area (Å²) >= 11 is 3.38. The molecule has 5 nitrogen and oxygen atoms in total. The molecule has 0 saturated carbocycles. The number of hydrogen-bond donors (Lipinski definition) is 1. The highest BCUT2D eigenvalue weighted by Gasteiger charge is 2.11. The molecule has 0 radical (unpaired) electrons. The molecule has 1 N–H and O–H groups in total. The number of nitrogens with zero attached hydrogens (tertiary/aromatic N) is 1. The number of methoxy groups -OCH3 is 2. The van der Waals surface area contributed by atoms with Crippen LogP contribution in [0.1, 0.15) is 5.56 Å². The number of hydrogen-bond acceptors (Lipinski definition) is 4. The summed E-state index contributed by atoms with van der Waals surface area (Å²) in [7, 11) is 4.71. The summed E-state index contributed by atoms with van der Waals surface area (Å²) < 4.78 is 11.0. The van der Waals surface area contributed by atoms with Crippen LogP contribution in [0, 0.1) is 0 Å². The molecule has 1 atom stereocenters. The van der Waals surface area contributed by atoms with Gasteiger partial charge >= 0.3 is 0 Å². The largest absolute Gasteiger partial charge is 0.496 e. The van der Waals surface area contributed by atoms with Crippen LogP contribution in [-0.2, 0) is 9.53 Å². The molecule has 1 unspecified atom stereocenters. The summed E-state index contributed by atoms with van der Waals surface area (Å²) in [6, 6.07) is 5.55. The van der Waals surface area contributed by atoms with Gasteiger partial charge < -0.3 is 19.5 Å². The van der Waals surface area contributed by atoms with Crippen LogP contribution in [0.15, 0.2) is 28.7 Å². The molecule has 0 aliphatic rings. The summed E-state index contributed by atoms with van der Waals surface area (Å²) in [6.45, 7) is 0.410. The number of aliphatic hydroxyl groups excluding tert-OH is 1. The number of ether oxygens (including phenoxy) is 2. The number of carbonyl (C=O) groups excluding carboxylic acids is 1. The molecular weight excluding hydrogens is 338 g/mol. The third-order valence-electron chi connectivity index (χ3n) is 2.82. The maximum atomic E-state index is 12.0. The van der Waals surface area contributed by atoms with E-state index in [2.05, 4.69) is 15.9 Å². The number of rotatable bonds is 7. The monoisotopic (exact) mass is 357 g/mol. The van der Waals surface area contributed by atoms with E-state index < -0.39 is 6.10 Å². The van der Waals surface area contributed by atoms with Crippen molar-refractivity contribution >= 4 is 27.9 Å². The van der Waals surface area contributed by atoms with E-state index >= 15 is 0 Å². The number of aliphatic hydroxyl groups is 1. The Morgan fingerprint density at radius 1 is 1.48 bits per heavy atom. The first-order chi connectivity index (χ1) is 9.97. The summed E-state index contributed by atoms with van der Waals surface area (Å²) in [4.78, 5) is 13.4. The summed E-state index contributed by atoms with van der Waals surface area (Å²) in [5.41, 5.74) is 0.797. The van der Waals surface area contributed by atoms with E-state index in [1.807, 2.05) is 18.2 Å². The molecule has 0 fully saturated rings. The second-order valence-electron chi connectivity index (χ2n) is 4.55. The van der Waals surface area contributed by atoms with Crippen molar-refractivity contribution in [2.75, 3.05) is 34.4 Å². The quantitative estimate of drug-likeness (QED) is 0.757. The fourth-order valence-electron chi connectivity index (χ4n) is 1.77. The van der Waals surface area contributed by atoms with Gasteiger partial charge in [-0.15, -0.1) is 0 Å². The zero-order valence-electron chi connectivity index (χ0n) is 12.4. The number of likely N-dealkylation sites (N-methyl/N-ethyl adjacent to an activating group) is 1. The van der Waals surface area contributed by atoms with Gasteiger partial charge in [-0.25, -0.2) is 0 Å². The zero-order chi connectivity index (χ0) is 15.8. The average Bonchev–Trinajstić information content (AvgIpc) is 2.45. The van der Waals surface area contributed by atoms with Crippen molar-refractivity contribution in [3.05, 3.63) is 34.3 Å². The molecule has 21 heavy (non-hydrogen) atoms. The standard InChI is InChI=1S/C15H20BrNO4/c1-17(9-13(18)10-20-2)15(19)7-4-11-8-12(16)5-6-14(11)21-3/h4-8,13,18H,9-10H2,1-3H3. The Bertz CT molecular complexity index is 504. The highest BCUT2D eigenvalue weighted by atomic mass is 79.9. The van der Waals surface area contributed by atoms with Crippen molar-refractivity contribution in [1.29, 1.82) is 0 Å². The predicted octanol–water partition coefficient (Wildman–Crippen LogP) is 1.94. The molecule has 0 spiro atoms. The van der Waals surface area contributed by atoms with Gasteiger partial charge in [0.05, 0.1) is 19.8 Å². The zero-order valence-corrected chi connectivity index (χ0v) is 14.0. The number of benzene rings is 1. The minimum absolute atomic E-state index is 0.195. The smallest absolute Gasteiger partial charge is 0.246 e. The van der Waals surface area contributed by atoms with Crippen molar-refractivity contribution in [3.8, 4) is 5.75 Å². The van der Waals surface area contributed by atoms with E-state index in [1.165, 1.54) is 18.1 Å². The molecule has 1 aromatic carbocycles. The Hall–Kier alpha value is -1.37. The fourth-order valence-corrected chi connectivity index (χ4v) is 2.15. The van der Waals surface area contributed by atoms with Crippen molar-refractivity contribution in [3.63, 3.8) is 0 Å². The van der Waals surface area contributed by atoms with Gasteiger partial charge in [-0.1, -0.05) is 15.9 Å². The molecule has 0 heterocycles. The lowest BCUT2D eigenvalue weighted by Crippen LogP contribution is -2.35. The fraction of sp³-hybridized carbons (Fsp3) is 0.400. The Morgan fingerprint density at radius 2 is 2.19 bits per heavy atom. The highest BCUT2D eigenvalue weighted by Crippen LogP contribution is 2.24. The van der Waals surface area contributed by atoms with Crippen molar-refractivity contribution < 1.29 is 19.4 Å². The summed E-state index contributed by atoms with van der Waals surface area (Å²) in [6.07, 6.45) is 2.44. The minimum Gasteiger partial charge on any atom is -0.496 e. The molecule has 1 aromatic rings. The Labute approximate surface area is 133 Å². The predicted molar refractivity (Wildman–Crippen MR) is 85.2 cm³/mol. The first-order valence-electron chi connectivity index (χ1n) is 6.41. The lowest BCUT2D eigenvalue weighted by Gasteiger charge is -2.18. The minimum atomic E-state index is -0.697. The molecule has 6 heteroatoms. The van der Waals surface area contributed by atoms with Gasteiger partial charge in [0.15, 0.2) is 0 Å². The van der Waals surface area contributed by atoms with Crippen LogP contribution in [-0.4, -0.2) is 56.4 Å². The van der Waals surface area contributed by atoms with Crippen LogP contribution in [0.25, 0.3) is 6.08 Å². The molecule has 116 valence electrons. The number of carbonyl (C=O) groups is 1. The van der Waals surface area contributed by atoms with Gasteiger partial charge in [-0.3, -0.25) is 4.79 Å². The summed E-state index contributed by atoms with van der Waals surface area (Å²) in [5, 5.41) is 9.60. The van der Waals surface area contributed by atoms with E-state index in [0.717, 1.165) is 10.0 Å².